The Balaban J connectivity index is 1.53. The van der Waals surface area contributed by atoms with Crippen LogP contribution < -0.4 is 19.7 Å². The molecule has 2 heterocycles. The molecule has 0 saturated heterocycles. The van der Waals surface area contributed by atoms with Gasteiger partial charge in [-0.1, -0.05) is 61.8 Å². The number of methoxy groups -OCH3 is 1. The number of aromatic nitrogens is 1. The first-order valence-corrected chi connectivity index (χ1v) is 14.8. The number of hydrogen-bond donors (Lipinski definition) is 2. The number of ether oxygens (including phenoxy) is 2. The van der Waals surface area contributed by atoms with Crippen molar-refractivity contribution in [3.8, 4) is 17.2 Å². The lowest BCUT2D eigenvalue weighted by Crippen LogP contribution is -2.40. The number of anilines is 2. The third-order valence-corrected chi connectivity index (χ3v) is 8.27. The minimum absolute atomic E-state index is 0.0366. The van der Waals surface area contributed by atoms with Gasteiger partial charge in [-0.15, -0.1) is 0 Å². The molecule has 0 fully saturated rings. The van der Waals surface area contributed by atoms with E-state index in [1.165, 1.54) is 42.3 Å². The Morgan fingerprint density at radius 3 is 2.58 bits per heavy atom. The molecule has 3 aromatic carbocycles. The van der Waals surface area contributed by atoms with Crippen LogP contribution in [-0.2, 0) is 11.4 Å². The first-order valence-electron chi connectivity index (χ1n) is 14.4. The molecule has 2 aliphatic rings. The first kappa shape index (κ1) is 30.1. The number of phenolic OH excluding ortho intramolecular Hbond substituents is 1. The molecule has 1 aromatic heterocycles. The van der Waals surface area contributed by atoms with E-state index in [1.54, 1.807) is 18.2 Å². The van der Waals surface area contributed by atoms with Gasteiger partial charge in [0, 0.05) is 29.3 Å². The SMILES string of the molecule is COc1ccc(C(=O)N2c3cccc(O)c3NC3=C(C(=O)CC(C)(C)C3)[C@@H]2c2ccc(OCc3ccccc3)cc2F)nc1Cl. The molecule has 8 nitrogen and oxygen atoms in total. The molecule has 6 rings (SSSR count). The van der Waals surface area contributed by atoms with E-state index < -0.39 is 23.2 Å². The number of carbonyl (C=O) groups is 2. The van der Waals surface area contributed by atoms with Crippen LogP contribution in [0.15, 0.2) is 90.1 Å². The van der Waals surface area contributed by atoms with E-state index in [0.717, 1.165) is 5.56 Å². The molecule has 0 radical (unpaired) electrons. The van der Waals surface area contributed by atoms with Crippen LogP contribution in [0.4, 0.5) is 15.8 Å². The van der Waals surface area contributed by atoms with Crippen LogP contribution in [-0.4, -0.2) is 28.9 Å². The zero-order chi connectivity index (χ0) is 31.9. The van der Waals surface area contributed by atoms with Gasteiger partial charge in [0.25, 0.3) is 5.91 Å². The Labute approximate surface area is 265 Å². The predicted octanol–water partition coefficient (Wildman–Crippen LogP) is 7.62. The predicted molar refractivity (Wildman–Crippen MR) is 169 cm³/mol. The molecule has 1 atom stereocenters. The number of halogens is 2. The van der Waals surface area contributed by atoms with Gasteiger partial charge < -0.3 is 19.9 Å². The highest BCUT2D eigenvalue weighted by atomic mass is 35.5. The van der Waals surface area contributed by atoms with Crippen LogP contribution in [0.1, 0.15) is 54.3 Å². The lowest BCUT2D eigenvalue weighted by molar-refractivity contribution is -0.118. The van der Waals surface area contributed by atoms with Gasteiger partial charge in [0.15, 0.2) is 16.7 Å². The van der Waals surface area contributed by atoms with Gasteiger partial charge in [-0.3, -0.25) is 14.5 Å². The van der Waals surface area contributed by atoms with Gasteiger partial charge in [-0.05, 0) is 53.8 Å². The largest absolute Gasteiger partial charge is 0.506 e. The van der Waals surface area contributed by atoms with Crippen LogP contribution in [0, 0.1) is 11.2 Å². The molecule has 4 aromatic rings. The lowest BCUT2D eigenvalue weighted by Gasteiger charge is -2.37. The van der Waals surface area contributed by atoms with Crippen molar-refractivity contribution in [2.24, 2.45) is 5.41 Å². The molecule has 2 N–H and O–H groups in total. The first-order chi connectivity index (χ1) is 21.6. The number of benzene rings is 3. The number of nitrogens with one attached hydrogen (secondary N) is 1. The van der Waals surface area contributed by atoms with E-state index in [9.17, 15) is 14.7 Å². The van der Waals surface area contributed by atoms with Crippen molar-refractivity contribution in [2.45, 2.75) is 39.3 Å². The maximum Gasteiger partial charge on any atom is 0.277 e. The summed E-state index contributed by atoms with van der Waals surface area (Å²) in [5, 5.41) is 14.2. The number of amides is 1. The maximum absolute atomic E-state index is 16.3. The summed E-state index contributed by atoms with van der Waals surface area (Å²) < 4.78 is 27.4. The monoisotopic (exact) mass is 627 g/mol. The summed E-state index contributed by atoms with van der Waals surface area (Å²) in [5.41, 5.74) is 1.70. The molecule has 1 amide bonds. The Hall–Kier alpha value is -4.89. The van der Waals surface area contributed by atoms with Crippen molar-refractivity contribution < 1.29 is 28.6 Å². The molecule has 1 aliphatic heterocycles. The number of fused-ring (bicyclic) bond motifs is 1. The number of ketones is 1. The quantitative estimate of drug-likeness (QED) is 0.167. The highest BCUT2D eigenvalue weighted by Gasteiger charge is 2.45. The molecule has 10 heteroatoms. The Morgan fingerprint density at radius 1 is 1.09 bits per heavy atom. The summed E-state index contributed by atoms with van der Waals surface area (Å²) in [6, 6.07) is 20.3. The summed E-state index contributed by atoms with van der Waals surface area (Å²) >= 11 is 6.31. The minimum atomic E-state index is -1.21. The summed E-state index contributed by atoms with van der Waals surface area (Å²) in [6.07, 6.45) is 0.605. The number of Topliss-reactive ketones (excluding diaryl/α,β-unsaturated/α-hetero) is 1. The van der Waals surface area contributed by atoms with E-state index in [1.807, 2.05) is 44.2 Å². The number of aromatic hydroxyl groups is 1. The van der Waals surface area contributed by atoms with E-state index in [0.29, 0.717) is 12.1 Å². The van der Waals surface area contributed by atoms with Crippen LogP contribution in [0.3, 0.4) is 0 Å². The van der Waals surface area contributed by atoms with Crippen molar-refractivity contribution in [3.05, 3.63) is 118 Å². The molecule has 0 saturated carbocycles. The Bertz CT molecular complexity index is 1840. The summed E-state index contributed by atoms with van der Waals surface area (Å²) in [5.74, 6) is -1.15. The van der Waals surface area contributed by atoms with E-state index in [-0.39, 0.29) is 69.4 Å². The third-order valence-electron chi connectivity index (χ3n) is 7.99. The van der Waals surface area contributed by atoms with Crippen LogP contribution in [0.25, 0.3) is 0 Å². The van der Waals surface area contributed by atoms with Gasteiger partial charge in [-0.2, -0.15) is 0 Å². The lowest BCUT2D eigenvalue weighted by atomic mass is 9.73. The standard InChI is InChI=1S/C35H31ClFN3O5/c1-35(2)17-25-30(28(42)18-35)32(22-13-12-21(16-23(22)37)45-19-20-8-5-4-6-9-20)40(26-10-7-11-27(41)31(26)38-25)34(43)24-14-15-29(44-3)33(36)39-24/h4-16,32,38,41H,17-19H2,1-3H3/t32-/m0/s1. The maximum atomic E-state index is 16.3. The van der Waals surface area contributed by atoms with Gasteiger partial charge in [-0.25, -0.2) is 9.37 Å². The van der Waals surface area contributed by atoms with Gasteiger partial charge in [0.05, 0.1) is 18.8 Å². The molecule has 0 spiro atoms. The smallest absolute Gasteiger partial charge is 0.277 e. The van der Waals surface area contributed by atoms with Crippen molar-refractivity contribution in [1.82, 2.24) is 4.98 Å². The van der Waals surface area contributed by atoms with E-state index in [2.05, 4.69) is 10.3 Å². The molecular formula is C35H31ClFN3O5. The number of pyridine rings is 1. The minimum Gasteiger partial charge on any atom is -0.506 e. The zero-order valence-electron chi connectivity index (χ0n) is 24.9. The fourth-order valence-electron chi connectivity index (χ4n) is 5.94. The second kappa shape index (κ2) is 11.9. The zero-order valence-corrected chi connectivity index (χ0v) is 25.7. The fraction of sp³-hybridized carbons (Fsp3) is 0.229. The van der Waals surface area contributed by atoms with Crippen LogP contribution >= 0.6 is 11.6 Å². The Kier molecular flexibility index (Phi) is 7.97. The number of phenols is 1. The molecular weight excluding hydrogens is 597 g/mol. The second-order valence-electron chi connectivity index (χ2n) is 11.9. The van der Waals surface area contributed by atoms with Crippen molar-refractivity contribution in [3.63, 3.8) is 0 Å². The molecule has 45 heavy (non-hydrogen) atoms. The van der Waals surface area contributed by atoms with Gasteiger partial charge in [0.2, 0.25) is 0 Å². The van der Waals surface area contributed by atoms with E-state index >= 15 is 4.39 Å². The topological polar surface area (TPSA) is 101 Å². The van der Waals surface area contributed by atoms with Crippen LogP contribution in [0.2, 0.25) is 5.15 Å². The summed E-state index contributed by atoms with van der Waals surface area (Å²) in [7, 11) is 1.43. The highest BCUT2D eigenvalue weighted by Crippen LogP contribution is 2.51. The average Bonchev–Trinajstić information content (AvgIpc) is 3.15. The molecule has 1 aliphatic carbocycles. The number of nitrogens with zero attached hydrogens (tertiary/aromatic N) is 2. The molecule has 0 bridgehead atoms. The van der Waals surface area contributed by atoms with Crippen molar-refractivity contribution >= 4 is 34.7 Å². The third kappa shape index (κ3) is 5.83. The summed E-state index contributed by atoms with van der Waals surface area (Å²) in [4.78, 5) is 34.0. The van der Waals surface area contributed by atoms with Crippen LogP contribution in [0.5, 0.6) is 17.2 Å². The number of hydrogen-bond acceptors (Lipinski definition) is 7. The number of para-hydroxylation sites is 1. The Morgan fingerprint density at radius 2 is 1.87 bits per heavy atom. The normalized spacial score (nSPS) is 17.1. The van der Waals surface area contributed by atoms with Gasteiger partial charge >= 0.3 is 0 Å². The molecule has 230 valence electrons. The van der Waals surface area contributed by atoms with Crippen molar-refractivity contribution in [2.75, 3.05) is 17.3 Å². The highest BCUT2D eigenvalue weighted by molar-refractivity contribution is 6.31. The average molecular weight is 628 g/mol. The van der Waals surface area contributed by atoms with Crippen molar-refractivity contribution in [1.29, 1.82) is 0 Å². The van der Waals surface area contributed by atoms with E-state index in [4.69, 9.17) is 21.1 Å². The number of carbonyl (C=O) groups excluding carboxylic acids is 2. The fourth-order valence-corrected chi connectivity index (χ4v) is 6.17. The van der Waals surface area contributed by atoms with Gasteiger partial charge in [0.1, 0.15) is 35.3 Å². The molecule has 0 unspecified atom stereocenters. The summed E-state index contributed by atoms with van der Waals surface area (Å²) in [6.45, 7) is 4.17. The number of allylic oxidation sites excluding steroid dienone is 1. The second-order valence-corrected chi connectivity index (χ2v) is 12.2. The number of rotatable bonds is 6.